The lowest BCUT2D eigenvalue weighted by Gasteiger charge is -2.38. The minimum absolute atomic E-state index is 0.209. The van der Waals surface area contributed by atoms with Gasteiger partial charge in [0, 0.05) is 0 Å². The highest BCUT2D eigenvalue weighted by molar-refractivity contribution is 5.81. The number of hydrogen-bond donors (Lipinski definition) is 1. The highest BCUT2D eigenvalue weighted by atomic mass is 16.5. The van der Waals surface area contributed by atoms with Crippen molar-refractivity contribution in [1.82, 2.24) is 0 Å². The molecule has 0 aromatic carbocycles. The lowest BCUT2D eigenvalue weighted by molar-refractivity contribution is -0.153. The van der Waals surface area contributed by atoms with Crippen LogP contribution in [0, 0.1) is 11.8 Å². The summed E-state index contributed by atoms with van der Waals surface area (Å²) in [6.45, 7) is 5.76. The number of aldehydes is 1. The first-order valence-electron chi connectivity index (χ1n) is 5.61. The molecule has 0 aliphatic heterocycles. The maximum absolute atomic E-state index is 11.7. The molecule has 0 heterocycles. The van der Waals surface area contributed by atoms with Crippen LogP contribution in [0.3, 0.4) is 0 Å². The van der Waals surface area contributed by atoms with Crippen LogP contribution >= 0.6 is 0 Å². The standard InChI is InChI=1S/C12H19NO3/c1-3-9-5-6-10(11(15)16-4-2)12(13,7-9)8-14/h3,8-10H,1,4-7,13H2,2H3/t9-,10+,12+/m1/s1. The Bertz CT molecular complexity index is 290. The average molecular weight is 225 g/mol. The molecule has 0 saturated heterocycles. The van der Waals surface area contributed by atoms with E-state index in [-0.39, 0.29) is 11.9 Å². The van der Waals surface area contributed by atoms with Crippen molar-refractivity contribution < 1.29 is 14.3 Å². The molecule has 1 saturated carbocycles. The van der Waals surface area contributed by atoms with Crippen LogP contribution in [0.5, 0.6) is 0 Å². The van der Waals surface area contributed by atoms with E-state index in [4.69, 9.17) is 10.5 Å². The van der Waals surface area contributed by atoms with E-state index in [1.54, 1.807) is 13.0 Å². The fraction of sp³-hybridized carbons (Fsp3) is 0.667. The molecule has 3 atom stereocenters. The zero-order valence-electron chi connectivity index (χ0n) is 9.65. The Hall–Kier alpha value is -1.16. The summed E-state index contributed by atoms with van der Waals surface area (Å²) in [7, 11) is 0. The van der Waals surface area contributed by atoms with Gasteiger partial charge in [-0.05, 0) is 32.1 Å². The zero-order valence-corrected chi connectivity index (χ0v) is 9.65. The van der Waals surface area contributed by atoms with E-state index >= 15 is 0 Å². The number of hydrogen-bond acceptors (Lipinski definition) is 4. The Kier molecular flexibility index (Phi) is 4.24. The summed E-state index contributed by atoms with van der Waals surface area (Å²) in [6.07, 6.45) is 4.38. The number of rotatable bonds is 4. The molecule has 4 nitrogen and oxygen atoms in total. The zero-order chi connectivity index (χ0) is 12.2. The minimum Gasteiger partial charge on any atom is -0.466 e. The fourth-order valence-electron chi connectivity index (χ4n) is 2.26. The third-order valence-electron chi connectivity index (χ3n) is 3.21. The highest BCUT2D eigenvalue weighted by Gasteiger charge is 2.45. The molecule has 1 rings (SSSR count). The van der Waals surface area contributed by atoms with E-state index < -0.39 is 11.5 Å². The Morgan fingerprint density at radius 3 is 2.81 bits per heavy atom. The third kappa shape index (κ3) is 2.50. The molecule has 1 aliphatic rings. The van der Waals surface area contributed by atoms with Crippen LogP contribution in [0.4, 0.5) is 0 Å². The van der Waals surface area contributed by atoms with Gasteiger partial charge >= 0.3 is 5.97 Å². The predicted molar refractivity (Wildman–Crippen MR) is 60.6 cm³/mol. The molecule has 0 aromatic heterocycles. The van der Waals surface area contributed by atoms with Gasteiger partial charge < -0.3 is 15.3 Å². The molecule has 0 unspecified atom stereocenters. The van der Waals surface area contributed by atoms with Crippen LogP contribution in [0.2, 0.25) is 0 Å². The van der Waals surface area contributed by atoms with Crippen molar-refractivity contribution in [3.8, 4) is 0 Å². The van der Waals surface area contributed by atoms with E-state index in [0.29, 0.717) is 25.7 Å². The minimum atomic E-state index is -1.09. The molecule has 0 spiro atoms. The van der Waals surface area contributed by atoms with Crippen LogP contribution in [-0.2, 0) is 14.3 Å². The van der Waals surface area contributed by atoms with Gasteiger partial charge in [0.15, 0.2) is 0 Å². The van der Waals surface area contributed by atoms with Gasteiger partial charge in [0.05, 0.1) is 18.1 Å². The normalized spacial score (nSPS) is 34.1. The second-order valence-corrected chi connectivity index (χ2v) is 4.31. The molecule has 1 fully saturated rings. The van der Waals surface area contributed by atoms with E-state index in [1.807, 2.05) is 0 Å². The van der Waals surface area contributed by atoms with E-state index in [1.165, 1.54) is 0 Å². The molecule has 0 bridgehead atoms. The van der Waals surface area contributed by atoms with E-state index in [9.17, 15) is 9.59 Å². The number of carbonyl (C=O) groups is 2. The first-order chi connectivity index (χ1) is 7.57. The van der Waals surface area contributed by atoms with Crippen LogP contribution < -0.4 is 5.73 Å². The Morgan fingerprint density at radius 2 is 2.31 bits per heavy atom. The number of esters is 1. The fourth-order valence-corrected chi connectivity index (χ4v) is 2.26. The molecule has 0 aromatic rings. The van der Waals surface area contributed by atoms with Gasteiger partial charge in [-0.2, -0.15) is 0 Å². The summed E-state index contributed by atoms with van der Waals surface area (Å²) in [4.78, 5) is 22.8. The second-order valence-electron chi connectivity index (χ2n) is 4.31. The summed E-state index contributed by atoms with van der Waals surface area (Å²) in [5.41, 5.74) is 4.89. The van der Waals surface area contributed by atoms with Crippen molar-refractivity contribution in [3.05, 3.63) is 12.7 Å². The van der Waals surface area contributed by atoms with Crippen molar-refractivity contribution in [1.29, 1.82) is 0 Å². The second kappa shape index (κ2) is 5.25. The van der Waals surface area contributed by atoms with Crippen molar-refractivity contribution in [2.24, 2.45) is 17.6 Å². The SMILES string of the molecule is C=C[C@@H]1CC[C@@H](C(=O)OCC)[C@@](N)(C=O)C1. The Morgan fingerprint density at radius 1 is 1.62 bits per heavy atom. The molecular formula is C12H19NO3. The number of carbonyl (C=O) groups excluding carboxylic acids is 2. The van der Waals surface area contributed by atoms with Crippen molar-refractivity contribution in [3.63, 3.8) is 0 Å². The van der Waals surface area contributed by atoms with Crippen LogP contribution in [0.25, 0.3) is 0 Å². The summed E-state index contributed by atoms with van der Waals surface area (Å²) >= 11 is 0. The van der Waals surface area contributed by atoms with Gasteiger partial charge in [0.1, 0.15) is 6.29 Å². The Balaban J connectivity index is 2.81. The first-order valence-corrected chi connectivity index (χ1v) is 5.61. The van der Waals surface area contributed by atoms with Gasteiger partial charge in [0.2, 0.25) is 0 Å². The molecule has 90 valence electrons. The molecule has 0 amide bonds. The monoisotopic (exact) mass is 225 g/mol. The Labute approximate surface area is 95.8 Å². The summed E-state index contributed by atoms with van der Waals surface area (Å²) in [6, 6.07) is 0. The lowest BCUT2D eigenvalue weighted by Crippen LogP contribution is -2.55. The lowest BCUT2D eigenvalue weighted by atomic mass is 9.70. The quantitative estimate of drug-likeness (QED) is 0.441. The summed E-state index contributed by atoms with van der Waals surface area (Å²) in [5, 5.41) is 0. The average Bonchev–Trinajstić information content (AvgIpc) is 2.29. The smallest absolute Gasteiger partial charge is 0.311 e. The topological polar surface area (TPSA) is 69.4 Å². The summed E-state index contributed by atoms with van der Waals surface area (Å²) in [5.74, 6) is -0.665. The number of allylic oxidation sites excluding steroid dienone is 1. The number of nitrogens with two attached hydrogens (primary N) is 1. The van der Waals surface area contributed by atoms with E-state index in [0.717, 1.165) is 6.42 Å². The van der Waals surface area contributed by atoms with Crippen molar-refractivity contribution in [2.45, 2.75) is 31.7 Å². The van der Waals surface area contributed by atoms with Gasteiger partial charge in [-0.25, -0.2) is 0 Å². The molecule has 4 heteroatoms. The van der Waals surface area contributed by atoms with Crippen molar-refractivity contribution in [2.75, 3.05) is 6.61 Å². The maximum Gasteiger partial charge on any atom is 0.311 e. The molecule has 16 heavy (non-hydrogen) atoms. The molecule has 1 aliphatic carbocycles. The maximum atomic E-state index is 11.7. The van der Waals surface area contributed by atoms with E-state index in [2.05, 4.69) is 6.58 Å². The molecule has 0 radical (unpaired) electrons. The van der Waals surface area contributed by atoms with Gasteiger partial charge in [-0.1, -0.05) is 6.08 Å². The molecular weight excluding hydrogens is 206 g/mol. The molecule has 2 N–H and O–H groups in total. The number of ether oxygens (including phenoxy) is 1. The van der Waals surface area contributed by atoms with Crippen molar-refractivity contribution >= 4 is 12.3 Å². The van der Waals surface area contributed by atoms with Gasteiger partial charge in [-0.15, -0.1) is 6.58 Å². The van der Waals surface area contributed by atoms with Gasteiger partial charge in [0.25, 0.3) is 0 Å². The summed E-state index contributed by atoms with van der Waals surface area (Å²) < 4.78 is 4.94. The highest BCUT2D eigenvalue weighted by Crippen LogP contribution is 2.35. The first kappa shape index (κ1) is 12.9. The van der Waals surface area contributed by atoms with Crippen LogP contribution in [0.15, 0.2) is 12.7 Å². The predicted octanol–water partition coefficient (Wildman–Crippen LogP) is 1.05. The van der Waals surface area contributed by atoms with Crippen LogP contribution in [-0.4, -0.2) is 24.4 Å². The largest absolute Gasteiger partial charge is 0.466 e. The third-order valence-corrected chi connectivity index (χ3v) is 3.21. The van der Waals surface area contributed by atoms with Gasteiger partial charge in [-0.3, -0.25) is 4.79 Å². The van der Waals surface area contributed by atoms with Crippen LogP contribution in [0.1, 0.15) is 26.2 Å².